The van der Waals surface area contributed by atoms with Gasteiger partial charge in [0.1, 0.15) is 12.0 Å². The molecule has 0 amide bonds. The molecule has 2 N–H and O–H groups in total. The minimum atomic E-state index is -2.80. The van der Waals surface area contributed by atoms with Crippen molar-refractivity contribution in [3.05, 3.63) is 59.1 Å². The van der Waals surface area contributed by atoms with Crippen molar-refractivity contribution in [3.63, 3.8) is 0 Å². The first kappa shape index (κ1) is 19.7. The van der Waals surface area contributed by atoms with Crippen molar-refractivity contribution in [2.75, 3.05) is 6.54 Å². The number of halogens is 3. The molecule has 0 fully saturated rings. The molecule has 1 unspecified atom stereocenters. The van der Waals surface area contributed by atoms with Crippen LogP contribution in [0.4, 0.5) is 8.78 Å². The molecule has 0 aliphatic heterocycles. The van der Waals surface area contributed by atoms with Crippen molar-refractivity contribution in [3.8, 4) is 11.1 Å². The van der Waals surface area contributed by atoms with E-state index >= 15 is 0 Å². The average molecular weight is 437 g/mol. The molecule has 0 saturated carbocycles. The molecule has 2 aromatic heterocycles. The minimum Gasteiger partial charge on any atom is -0.261 e. The van der Waals surface area contributed by atoms with E-state index in [4.69, 9.17) is 11.6 Å². The lowest BCUT2D eigenvalue weighted by atomic mass is 9.97. The Labute approximate surface area is 171 Å². The quantitative estimate of drug-likeness (QED) is 0.397. The number of aromatic amines is 1. The maximum atomic E-state index is 14.6. The topological polar surface area (TPSA) is 87.7 Å². The van der Waals surface area contributed by atoms with Gasteiger partial charge in [0, 0.05) is 34.6 Å². The second kappa shape index (κ2) is 8.02. The van der Waals surface area contributed by atoms with Gasteiger partial charge in [-0.25, -0.2) is 26.9 Å². The number of hydrogen-bond donors (Lipinski definition) is 3. The number of H-pyrrole nitrogens is 1. The van der Waals surface area contributed by atoms with E-state index in [2.05, 4.69) is 19.9 Å². The Hall–Kier alpha value is -2.62. The van der Waals surface area contributed by atoms with E-state index in [0.717, 1.165) is 22.2 Å². The first-order chi connectivity index (χ1) is 14.0. The van der Waals surface area contributed by atoms with Crippen LogP contribution in [0.25, 0.3) is 32.9 Å². The van der Waals surface area contributed by atoms with Gasteiger partial charge >= 0.3 is 0 Å². The highest BCUT2D eigenvalue weighted by molar-refractivity contribution is 7.70. The summed E-state index contributed by atoms with van der Waals surface area (Å²) in [6.07, 6.45) is 1.64. The Morgan fingerprint density at radius 1 is 1.17 bits per heavy atom. The molecule has 4 rings (SSSR count). The summed E-state index contributed by atoms with van der Waals surface area (Å²) in [5.74, 6) is -0.580. The summed E-state index contributed by atoms with van der Waals surface area (Å²) >= 11 is 6.36. The number of alkyl halides is 1. The molecular weight excluding hydrogens is 422 g/mol. The van der Waals surface area contributed by atoms with Crippen molar-refractivity contribution in [1.82, 2.24) is 19.9 Å². The third-order valence-corrected chi connectivity index (χ3v) is 5.57. The van der Waals surface area contributed by atoms with Crippen molar-refractivity contribution in [2.45, 2.75) is 12.6 Å². The highest BCUT2D eigenvalue weighted by Gasteiger charge is 2.20. The first-order valence-electron chi connectivity index (χ1n) is 8.68. The van der Waals surface area contributed by atoms with E-state index < -0.39 is 22.9 Å². The van der Waals surface area contributed by atoms with Crippen molar-refractivity contribution in [2.24, 2.45) is 0 Å². The van der Waals surface area contributed by atoms with E-state index in [1.54, 1.807) is 24.5 Å². The number of thiol groups is 1. The van der Waals surface area contributed by atoms with Crippen LogP contribution in [0.1, 0.15) is 18.2 Å². The zero-order valence-electron chi connectivity index (χ0n) is 14.8. The zero-order valence-corrected chi connectivity index (χ0v) is 16.5. The van der Waals surface area contributed by atoms with Crippen LogP contribution in [0.15, 0.2) is 42.7 Å². The van der Waals surface area contributed by atoms with Crippen LogP contribution >= 0.6 is 11.6 Å². The number of nitrogens with one attached hydrogen (secondary N) is 2. The maximum absolute atomic E-state index is 14.6. The summed E-state index contributed by atoms with van der Waals surface area (Å²) in [6.45, 7) is -0.0781. The smallest absolute Gasteiger partial charge is 0.201 e. The van der Waals surface area contributed by atoms with Gasteiger partial charge < -0.3 is 0 Å². The molecule has 2 aromatic carbocycles. The number of hydrogen-bond acceptors (Lipinski definition) is 4. The molecule has 29 heavy (non-hydrogen) atoms. The molecule has 1 atom stereocenters. The summed E-state index contributed by atoms with van der Waals surface area (Å²) in [7, 11) is -2.80. The van der Waals surface area contributed by atoms with Gasteiger partial charge in [-0.15, -0.1) is 0 Å². The number of rotatable bonds is 6. The highest BCUT2D eigenvalue weighted by atomic mass is 35.5. The molecule has 2 heterocycles. The van der Waals surface area contributed by atoms with Gasteiger partial charge in [0.2, 0.25) is 10.9 Å². The second-order valence-corrected chi connectivity index (χ2v) is 7.65. The van der Waals surface area contributed by atoms with Crippen LogP contribution in [0.5, 0.6) is 0 Å². The van der Waals surface area contributed by atoms with E-state index in [1.165, 1.54) is 6.07 Å². The van der Waals surface area contributed by atoms with Crippen LogP contribution in [0, 0.1) is 5.82 Å². The number of aromatic nitrogens is 3. The van der Waals surface area contributed by atoms with E-state index in [9.17, 15) is 17.2 Å². The lowest BCUT2D eigenvalue weighted by molar-refractivity contribution is 0.325. The number of pyridine rings is 1. The van der Waals surface area contributed by atoms with Crippen LogP contribution in [-0.4, -0.2) is 30.1 Å². The molecule has 10 heteroatoms. The fourth-order valence-corrected chi connectivity index (χ4v) is 3.98. The molecule has 0 radical (unpaired) electrons. The van der Waals surface area contributed by atoms with Gasteiger partial charge in [-0.05, 0) is 29.5 Å². The minimum absolute atomic E-state index is 0.0410. The van der Waals surface area contributed by atoms with Crippen molar-refractivity contribution < 1.29 is 17.2 Å². The summed E-state index contributed by atoms with van der Waals surface area (Å²) in [4.78, 5) is 4.28. The Bertz CT molecular complexity index is 1280. The van der Waals surface area contributed by atoms with E-state index in [0.29, 0.717) is 11.2 Å². The third-order valence-electron chi connectivity index (χ3n) is 4.68. The normalized spacial score (nSPS) is 12.8. The largest absolute Gasteiger partial charge is 0.261 e. The zero-order chi connectivity index (χ0) is 20.5. The Balaban J connectivity index is 1.75. The van der Waals surface area contributed by atoms with Crippen LogP contribution in [-0.2, 0) is 10.9 Å². The maximum Gasteiger partial charge on any atom is 0.201 e. The summed E-state index contributed by atoms with van der Waals surface area (Å²) < 4.78 is 52.5. The first-order valence-corrected chi connectivity index (χ1v) is 10.2. The molecular formula is C19H15ClF2N4O2S. The SMILES string of the molecule is O=[SH](=O)NCCC(F)c1ccc(F)c(-c2ccc3c(cnc4[nH]ncc43)c2)c1Cl. The molecule has 0 saturated heterocycles. The second-order valence-electron chi connectivity index (χ2n) is 6.44. The van der Waals surface area contributed by atoms with Gasteiger partial charge in [-0.3, -0.25) is 5.10 Å². The van der Waals surface area contributed by atoms with Crippen molar-refractivity contribution >= 4 is 44.3 Å². The summed E-state index contributed by atoms with van der Waals surface area (Å²) in [5, 5.41) is 9.21. The van der Waals surface area contributed by atoms with Crippen LogP contribution in [0.3, 0.4) is 0 Å². The molecule has 6 nitrogen and oxygen atoms in total. The number of nitrogens with zero attached hydrogens (tertiary/aromatic N) is 2. The van der Waals surface area contributed by atoms with Crippen molar-refractivity contribution in [1.29, 1.82) is 0 Å². The van der Waals surface area contributed by atoms with Gasteiger partial charge in [-0.2, -0.15) is 5.10 Å². The number of benzene rings is 2. The fraction of sp³-hybridized carbons (Fsp3) is 0.158. The highest BCUT2D eigenvalue weighted by Crippen LogP contribution is 2.39. The van der Waals surface area contributed by atoms with Crippen LogP contribution < -0.4 is 4.72 Å². The monoisotopic (exact) mass is 436 g/mol. The van der Waals surface area contributed by atoms with Gasteiger partial charge in [0.25, 0.3) is 0 Å². The molecule has 0 bridgehead atoms. The lowest BCUT2D eigenvalue weighted by Crippen LogP contribution is -2.14. The fourth-order valence-electron chi connectivity index (χ4n) is 3.29. The Morgan fingerprint density at radius 3 is 2.79 bits per heavy atom. The molecule has 4 aromatic rings. The standard InChI is InChI=1S/C19H15ClF2N4O2S/c20-18-13(15(21)5-6-25-29(27)28)3-4-16(22)17(18)10-1-2-12-11(7-10)8-23-19-14(12)9-24-26-19/h1-4,7-9,15,29H,5-6H2,(H,23,24,26)(H,25,27,28). The van der Waals surface area contributed by atoms with E-state index in [1.807, 2.05) is 6.07 Å². The predicted octanol–water partition coefficient (Wildman–Crippen LogP) is 4.09. The van der Waals surface area contributed by atoms with Gasteiger partial charge in [-0.1, -0.05) is 29.8 Å². The predicted molar refractivity (Wildman–Crippen MR) is 109 cm³/mol. The molecule has 0 aliphatic rings. The van der Waals surface area contributed by atoms with Gasteiger partial charge in [0.15, 0.2) is 5.65 Å². The molecule has 0 spiro atoms. The van der Waals surface area contributed by atoms with Crippen LogP contribution in [0.2, 0.25) is 5.02 Å². The Kier molecular flexibility index (Phi) is 5.44. The third kappa shape index (κ3) is 3.81. The van der Waals surface area contributed by atoms with E-state index in [-0.39, 0.29) is 29.1 Å². The molecule has 0 aliphatic carbocycles. The summed E-state index contributed by atoms with van der Waals surface area (Å²) in [6, 6.07) is 7.70. The lowest BCUT2D eigenvalue weighted by Gasteiger charge is -2.15. The average Bonchev–Trinajstić information content (AvgIpc) is 3.16. The molecule has 150 valence electrons. The Morgan fingerprint density at radius 2 is 2.00 bits per heavy atom. The van der Waals surface area contributed by atoms with Gasteiger partial charge in [0.05, 0.1) is 11.2 Å². The summed E-state index contributed by atoms with van der Waals surface area (Å²) in [5.41, 5.74) is 1.32. The number of fused-ring (bicyclic) bond motifs is 3.